The minimum Gasteiger partial charge on any atom is -0.462 e. The summed E-state index contributed by atoms with van der Waals surface area (Å²) in [6, 6.07) is 2.11. The zero-order chi connectivity index (χ0) is 16.2. The number of carbonyl (C=O) groups excluding carboxylic acids is 1. The third-order valence-electron chi connectivity index (χ3n) is 3.14. The number of nitrogens with zero attached hydrogens (tertiary/aromatic N) is 1. The Bertz CT molecular complexity index is 603. The number of ether oxygens (including phenoxy) is 1. The van der Waals surface area contributed by atoms with Crippen LogP contribution >= 0.6 is 0 Å². The van der Waals surface area contributed by atoms with Gasteiger partial charge >= 0.3 is 5.97 Å². The number of carbonyl (C=O) groups is 1. The van der Waals surface area contributed by atoms with Crippen LogP contribution in [0.15, 0.2) is 6.07 Å². The fourth-order valence-corrected chi connectivity index (χ4v) is 2.87. The molecule has 0 bridgehead atoms. The number of nitrogens with one attached hydrogen (secondary N) is 1. The van der Waals surface area contributed by atoms with Crippen LogP contribution in [0.3, 0.4) is 0 Å². The Morgan fingerprint density at radius 2 is 2.00 bits per heavy atom. The highest BCUT2D eigenvalue weighted by Gasteiger charge is 2.18. The summed E-state index contributed by atoms with van der Waals surface area (Å²) < 4.78 is 31.4. The van der Waals surface area contributed by atoms with Gasteiger partial charge in [0.1, 0.15) is 0 Å². The molecule has 6 nitrogen and oxygen atoms in total. The fourth-order valence-electron chi connectivity index (χ4n) is 2.35. The Labute approximate surface area is 126 Å². The largest absolute Gasteiger partial charge is 0.462 e. The van der Waals surface area contributed by atoms with Gasteiger partial charge in [-0.05, 0) is 40.2 Å². The maximum atomic E-state index is 12.0. The first-order chi connectivity index (χ1) is 9.63. The Morgan fingerprint density at radius 3 is 2.48 bits per heavy atom. The lowest BCUT2D eigenvalue weighted by Crippen LogP contribution is -2.24. The standard InChI is InChI=1S/C14H24N2O4S/c1-10(2)16-11(3)9-13(12(16)4)14(17)20-8-6-7-15-21(5,18)19/h9-10,15H,6-8H2,1-5H3. The lowest BCUT2D eigenvalue weighted by molar-refractivity contribution is 0.0501. The molecule has 0 aliphatic rings. The minimum absolute atomic E-state index is 0.187. The summed E-state index contributed by atoms with van der Waals surface area (Å²) in [7, 11) is -3.19. The van der Waals surface area contributed by atoms with Crippen LogP contribution in [0.4, 0.5) is 0 Å². The van der Waals surface area contributed by atoms with Crippen molar-refractivity contribution in [2.45, 2.75) is 40.2 Å². The summed E-state index contributed by atoms with van der Waals surface area (Å²) in [6.07, 6.45) is 1.54. The molecule has 0 saturated heterocycles. The van der Waals surface area contributed by atoms with E-state index in [0.29, 0.717) is 12.0 Å². The summed E-state index contributed by atoms with van der Waals surface area (Å²) in [5, 5.41) is 0. The van der Waals surface area contributed by atoms with E-state index in [0.717, 1.165) is 17.6 Å². The van der Waals surface area contributed by atoms with Gasteiger partial charge in [-0.1, -0.05) is 0 Å². The maximum Gasteiger partial charge on any atom is 0.339 e. The number of aromatic nitrogens is 1. The minimum atomic E-state index is -3.19. The zero-order valence-electron chi connectivity index (χ0n) is 13.3. The van der Waals surface area contributed by atoms with E-state index in [1.807, 2.05) is 19.9 Å². The molecule has 0 fully saturated rings. The van der Waals surface area contributed by atoms with Crippen LogP contribution in [0.1, 0.15) is 48.1 Å². The molecular weight excluding hydrogens is 292 g/mol. The molecule has 120 valence electrons. The average Bonchev–Trinajstić information content (AvgIpc) is 2.62. The van der Waals surface area contributed by atoms with Crippen molar-refractivity contribution in [3.8, 4) is 0 Å². The summed E-state index contributed by atoms with van der Waals surface area (Å²) in [5.74, 6) is -0.366. The third kappa shape index (κ3) is 5.17. The molecule has 21 heavy (non-hydrogen) atoms. The highest BCUT2D eigenvalue weighted by molar-refractivity contribution is 7.88. The number of hydrogen-bond acceptors (Lipinski definition) is 4. The van der Waals surface area contributed by atoms with Gasteiger partial charge in [-0.2, -0.15) is 0 Å². The van der Waals surface area contributed by atoms with E-state index in [4.69, 9.17) is 4.74 Å². The number of hydrogen-bond donors (Lipinski definition) is 1. The van der Waals surface area contributed by atoms with Gasteiger partial charge < -0.3 is 9.30 Å². The summed E-state index contributed by atoms with van der Waals surface area (Å²) in [6.45, 7) is 8.43. The molecule has 0 unspecified atom stereocenters. The van der Waals surface area contributed by atoms with E-state index in [2.05, 4.69) is 23.1 Å². The lowest BCUT2D eigenvalue weighted by atomic mass is 10.2. The molecule has 0 aliphatic heterocycles. The highest BCUT2D eigenvalue weighted by atomic mass is 32.2. The Kier molecular flexibility index (Phi) is 5.98. The number of rotatable bonds is 7. The maximum absolute atomic E-state index is 12.0. The van der Waals surface area contributed by atoms with Gasteiger partial charge in [0, 0.05) is 24.0 Å². The molecule has 0 amide bonds. The second-order valence-corrected chi connectivity index (χ2v) is 7.24. The Balaban J connectivity index is 2.55. The molecule has 1 N–H and O–H groups in total. The second kappa shape index (κ2) is 7.09. The summed E-state index contributed by atoms with van der Waals surface area (Å²) >= 11 is 0. The first kappa shape index (κ1) is 17.7. The molecule has 1 heterocycles. The van der Waals surface area contributed by atoms with Gasteiger partial charge in [-0.15, -0.1) is 0 Å². The van der Waals surface area contributed by atoms with Crippen molar-refractivity contribution < 1.29 is 17.9 Å². The molecule has 0 aromatic carbocycles. The van der Waals surface area contributed by atoms with Crippen molar-refractivity contribution >= 4 is 16.0 Å². The summed E-state index contributed by atoms with van der Waals surface area (Å²) in [4.78, 5) is 12.0. The van der Waals surface area contributed by atoms with Crippen LogP contribution in [0.25, 0.3) is 0 Å². The van der Waals surface area contributed by atoms with Crippen LogP contribution in [-0.2, 0) is 14.8 Å². The molecule has 0 spiro atoms. The van der Waals surface area contributed by atoms with Gasteiger partial charge in [0.2, 0.25) is 10.0 Å². The molecule has 1 rings (SSSR count). The van der Waals surface area contributed by atoms with Crippen molar-refractivity contribution in [3.63, 3.8) is 0 Å². The zero-order valence-corrected chi connectivity index (χ0v) is 14.1. The Hall–Kier alpha value is -1.34. The van der Waals surface area contributed by atoms with E-state index in [9.17, 15) is 13.2 Å². The molecule has 0 radical (unpaired) electrons. The van der Waals surface area contributed by atoms with Crippen molar-refractivity contribution in [1.82, 2.24) is 9.29 Å². The van der Waals surface area contributed by atoms with Gasteiger partial charge in [-0.3, -0.25) is 0 Å². The highest BCUT2D eigenvalue weighted by Crippen LogP contribution is 2.20. The van der Waals surface area contributed by atoms with Crippen LogP contribution in [-0.4, -0.2) is 38.4 Å². The fraction of sp³-hybridized carbons (Fsp3) is 0.643. The normalized spacial score (nSPS) is 11.9. The van der Waals surface area contributed by atoms with Gasteiger partial charge in [0.05, 0.1) is 18.4 Å². The first-order valence-electron chi connectivity index (χ1n) is 6.93. The molecule has 0 atom stereocenters. The number of sulfonamides is 1. The van der Waals surface area contributed by atoms with Crippen LogP contribution in [0, 0.1) is 13.8 Å². The molecule has 7 heteroatoms. The van der Waals surface area contributed by atoms with E-state index in [-0.39, 0.29) is 25.2 Å². The van der Waals surface area contributed by atoms with E-state index >= 15 is 0 Å². The van der Waals surface area contributed by atoms with E-state index < -0.39 is 10.0 Å². The number of esters is 1. The predicted octanol–water partition coefficient (Wildman–Crippen LogP) is 1.78. The third-order valence-corrected chi connectivity index (χ3v) is 3.87. The molecule has 1 aromatic rings. The van der Waals surface area contributed by atoms with Gasteiger partial charge in [-0.25, -0.2) is 17.9 Å². The molecule has 0 aliphatic carbocycles. The lowest BCUT2D eigenvalue weighted by Gasteiger charge is -2.13. The summed E-state index contributed by atoms with van der Waals surface area (Å²) in [5.41, 5.74) is 2.48. The smallest absolute Gasteiger partial charge is 0.339 e. The average molecular weight is 316 g/mol. The van der Waals surface area contributed by atoms with Crippen LogP contribution < -0.4 is 4.72 Å². The molecule has 1 aromatic heterocycles. The van der Waals surface area contributed by atoms with Crippen molar-refractivity contribution in [3.05, 3.63) is 23.0 Å². The topological polar surface area (TPSA) is 77.4 Å². The molecule has 0 saturated carbocycles. The van der Waals surface area contributed by atoms with Crippen LogP contribution in [0.5, 0.6) is 0 Å². The van der Waals surface area contributed by atoms with Crippen LogP contribution in [0.2, 0.25) is 0 Å². The first-order valence-corrected chi connectivity index (χ1v) is 8.83. The van der Waals surface area contributed by atoms with Crippen molar-refractivity contribution in [2.75, 3.05) is 19.4 Å². The second-order valence-electron chi connectivity index (χ2n) is 5.40. The van der Waals surface area contributed by atoms with Crippen molar-refractivity contribution in [2.24, 2.45) is 0 Å². The van der Waals surface area contributed by atoms with Gasteiger partial charge in [0.25, 0.3) is 0 Å². The van der Waals surface area contributed by atoms with E-state index in [1.165, 1.54) is 0 Å². The SMILES string of the molecule is Cc1cc(C(=O)OCCCNS(C)(=O)=O)c(C)n1C(C)C. The van der Waals surface area contributed by atoms with Gasteiger partial charge in [0.15, 0.2) is 0 Å². The molecular formula is C14H24N2O4S. The van der Waals surface area contributed by atoms with Crippen molar-refractivity contribution in [1.29, 1.82) is 0 Å². The Morgan fingerprint density at radius 1 is 1.38 bits per heavy atom. The van der Waals surface area contributed by atoms with E-state index in [1.54, 1.807) is 0 Å². The quantitative estimate of drug-likeness (QED) is 0.614. The number of aryl methyl sites for hydroxylation is 1. The predicted molar refractivity (Wildman–Crippen MR) is 82.0 cm³/mol. The monoisotopic (exact) mass is 316 g/mol.